The van der Waals surface area contributed by atoms with E-state index in [0.29, 0.717) is 25.4 Å². The minimum Gasteiger partial charge on any atom is -0.490 e. The van der Waals surface area contributed by atoms with Gasteiger partial charge in [-0.3, -0.25) is 4.90 Å². The summed E-state index contributed by atoms with van der Waals surface area (Å²) in [5.74, 6) is 0.689. The maximum atomic E-state index is 10.3. The number of benzene rings is 2. The van der Waals surface area contributed by atoms with E-state index in [1.165, 1.54) is 0 Å². The summed E-state index contributed by atoms with van der Waals surface area (Å²) in [6, 6.07) is 15.6. The third-order valence-electron chi connectivity index (χ3n) is 3.46. The molecule has 0 fully saturated rings. The van der Waals surface area contributed by atoms with Crippen molar-refractivity contribution in [1.29, 1.82) is 0 Å². The Labute approximate surface area is 159 Å². The van der Waals surface area contributed by atoms with Crippen molar-refractivity contribution in [3.8, 4) is 5.75 Å². The summed E-state index contributed by atoms with van der Waals surface area (Å²) in [5, 5.41) is 19.5. The first kappa shape index (κ1) is 19.4. The summed E-state index contributed by atoms with van der Waals surface area (Å²) in [7, 11) is 0. The fourth-order valence-electron chi connectivity index (χ4n) is 2.35. The fourth-order valence-corrected chi connectivity index (χ4v) is 3.51. The smallest absolute Gasteiger partial charge is 0.133 e. The van der Waals surface area contributed by atoms with Crippen LogP contribution in [0.25, 0.3) is 0 Å². The van der Waals surface area contributed by atoms with Crippen LogP contribution in [0.5, 0.6) is 5.75 Å². The Morgan fingerprint density at radius 3 is 2.50 bits per heavy atom. The van der Waals surface area contributed by atoms with E-state index >= 15 is 0 Å². The number of nitrogens with zero attached hydrogens (tertiary/aromatic N) is 1. The minimum atomic E-state index is -0.643. The monoisotopic (exact) mass is 457 g/mol. The van der Waals surface area contributed by atoms with Gasteiger partial charge in [-0.05, 0) is 39.7 Å². The second kappa shape index (κ2) is 10.2. The molecule has 0 aromatic heterocycles. The standard InChI is InChI=1S/C18H21Br2NO3/c19-15-6-7-18(17(20)10-15)24-13-16(23)12-21(8-9-22)11-14-4-2-1-3-5-14/h1-7,10,16,22-23H,8-9,11-13H2/t16-/m0/s1. The lowest BCUT2D eigenvalue weighted by Gasteiger charge is -2.24. The number of aliphatic hydroxyl groups is 2. The Hall–Kier alpha value is -0.920. The number of rotatable bonds is 9. The van der Waals surface area contributed by atoms with Gasteiger partial charge in [0.05, 0.1) is 11.1 Å². The molecule has 2 aromatic carbocycles. The van der Waals surface area contributed by atoms with Gasteiger partial charge in [-0.25, -0.2) is 0 Å². The first-order valence-corrected chi connectivity index (χ1v) is 9.30. The Morgan fingerprint density at radius 1 is 1.08 bits per heavy atom. The number of hydrogen-bond donors (Lipinski definition) is 2. The van der Waals surface area contributed by atoms with Gasteiger partial charge in [0.2, 0.25) is 0 Å². The molecule has 1 atom stereocenters. The zero-order valence-electron chi connectivity index (χ0n) is 13.2. The molecular weight excluding hydrogens is 438 g/mol. The molecule has 6 heteroatoms. The van der Waals surface area contributed by atoms with Crippen LogP contribution in [0.3, 0.4) is 0 Å². The second-order valence-corrected chi connectivity index (χ2v) is 7.25. The molecule has 0 aliphatic heterocycles. The minimum absolute atomic E-state index is 0.0542. The van der Waals surface area contributed by atoms with Crippen LogP contribution in [0.2, 0.25) is 0 Å². The van der Waals surface area contributed by atoms with Crippen molar-refractivity contribution >= 4 is 31.9 Å². The highest BCUT2D eigenvalue weighted by atomic mass is 79.9. The molecule has 2 aromatic rings. The SMILES string of the molecule is OCCN(Cc1ccccc1)C[C@H](O)COc1ccc(Br)cc1Br. The number of hydrogen-bond acceptors (Lipinski definition) is 4. The molecule has 2 rings (SSSR count). The Balaban J connectivity index is 1.86. The maximum Gasteiger partial charge on any atom is 0.133 e. The topological polar surface area (TPSA) is 52.9 Å². The van der Waals surface area contributed by atoms with Gasteiger partial charge in [0.25, 0.3) is 0 Å². The molecule has 0 unspecified atom stereocenters. The lowest BCUT2D eigenvalue weighted by atomic mass is 10.2. The molecule has 0 aliphatic carbocycles. The van der Waals surface area contributed by atoms with E-state index in [2.05, 4.69) is 31.9 Å². The van der Waals surface area contributed by atoms with Crippen molar-refractivity contribution in [3.63, 3.8) is 0 Å². The van der Waals surface area contributed by atoms with Gasteiger partial charge in [0.1, 0.15) is 18.5 Å². The van der Waals surface area contributed by atoms with Crippen LogP contribution >= 0.6 is 31.9 Å². The predicted molar refractivity (Wildman–Crippen MR) is 102 cm³/mol. The molecule has 0 spiro atoms. The average molecular weight is 459 g/mol. The largest absolute Gasteiger partial charge is 0.490 e. The highest BCUT2D eigenvalue weighted by Crippen LogP contribution is 2.28. The molecule has 2 N–H and O–H groups in total. The third kappa shape index (κ3) is 6.53. The van der Waals surface area contributed by atoms with Gasteiger partial charge in [-0.2, -0.15) is 0 Å². The summed E-state index contributed by atoms with van der Waals surface area (Å²) in [4.78, 5) is 2.01. The summed E-state index contributed by atoms with van der Waals surface area (Å²) in [6.45, 7) is 1.87. The molecule has 0 heterocycles. The van der Waals surface area contributed by atoms with E-state index in [4.69, 9.17) is 4.74 Å². The van der Waals surface area contributed by atoms with E-state index < -0.39 is 6.10 Å². The van der Waals surface area contributed by atoms with Crippen LogP contribution in [0, 0.1) is 0 Å². The average Bonchev–Trinajstić information content (AvgIpc) is 2.55. The quantitative estimate of drug-likeness (QED) is 0.604. The van der Waals surface area contributed by atoms with Gasteiger partial charge in [0, 0.05) is 24.1 Å². The van der Waals surface area contributed by atoms with Gasteiger partial charge < -0.3 is 14.9 Å². The molecule has 4 nitrogen and oxygen atoms in total. The first-order chi connectivity index (χ1) is 11.6. The van der Waals surface area contributed by atoms with Gasteiger partial charge >= 0.3 is 0 Å². The van der Waals surface area contributed by atoms with Crippen LogP contribution in [0.1, 0.15) is 5.56 Å². The van der Waals surface area contributed by atoms with Crippen LogP contribution in [-0.4, -0.2) is 47.5 Å². The van der Waals surface area contributed by atoms with Crippen LogP contribution in [0.4, 0.5) is 0 Å². The molecule has 0 bridgehead atoms. The van der Waals surface area contributed by atoms with Gasteiger partial charge in [-0.15, -0.1) is 0 Å². The zero-order valence-corrected chi connectivity index (χ0v) is 16.4. The summed E-state index contributed by atoms with van der Waals surface area (Å²) in [5.41, 5.74) is 1.15. The van der Waals surface area contributed by atoms with Gasteiger partial charge in [-0.1, -0.05) is 46.3 Å². The molecule has 130 valence electrons. The summed E-state index contributed by atoms with van der Waals surface area (Å²) < 4.78 is 7.47. The van der Waals surface area contributed by atoms with E-state index in [-0.39, 0.29) is 13.2 Å². The van der Waals surface area contributed by atoms with E-state index in [1.807, 2.05) is 53.4 Å². The fraction of sp³-hybridized carbons (Fsp3) is 0.333. The number of aliphatic hydroxyl groups excluding tert-OH is 2. The molecule has 0 saturated carbocycles. The third-order valence-corrected chi connectivity index (χ3v) is 4.57. The molecule has 0 aliphatic rings. The van der Waals surface area contributed by atoms with Crippen molar-refractivity contribution in [2.45, 2.75) is 12.6 Å². The van der Waals surface area contributed by atoms with Crippen molar-refractivity contribution in [2.24, 2.45) is 0 Å². The normalized spacial score (nSPS) is 12.4. The summed E-state index contributed by atoms with van der Waals surface area (Å²) >= 11 is 6.83. The van der Waals surface area contributed by atoms with E-state index in [9.17, 15) is 10.2 Å². The first-order valence-electron chi connectivity index (χ1n) is 7.71. The summed E-state index contributed by atoms with van der Waals surface area (Å²) in [6.07, 6.45) is -0.643. The number of halogens is 2. The molecular formula is C18H21Br2NO3. The van der Waals surface area contributed by atoms with Gasteiger partial charge in [0.15, 0.2) is 0 Å². The molecule has 0 amide bonds. The molecule has 0 saturated heterocycles. The second-order valence-electron chi connectivity index (χ2n) is 5.48. The van der Waals surface area contributed by atoms with Crippen LogP contribution in [0.15, 0.2) is 57.5 Å². The highest BCUT2D eigenvalue weighted by Gasteiger charge is 2.13. The molecule has 24 heavy (non-hydrogen) atoms. The Morgan fingerprint density at radius 2 is 1.83 bits per heavy atom. The van der Waals surface area contributed by atoms with E-state index in [1.54, 1.807) is 0 Å². The predicted octanol–water partition coefficient (Wildman–Crippen LogP) is 3.45. The van der Waals surface area contributed by atoms with Crippen LogP contribution in [-0.2, 0) is 6.54 Å². The van der Waals surface area contributed by atoms with Crippen molar-refractivity contribution in [3.05, 3.63) is 63.0 Å². The lowest BCUT2D eigenvalue weighted by molar-refractivity contribution is 0.0588. The maximum absolute atomic E-state index is 10.3. The van der Waals surface area contributed by atoms with E-state index in [0.717, 1.165) is 14.5 Å². The van der Waals surface area contributed by atoms with Crippen molar-refractivity contribution in [2.75, 3.05) is 26.3 Å². The van der Waals surface area contributed by atoms with Crippen LogP contribution < -0.4 is 4.74 Å². The Kier molecular flexibility index (Phi) is 8.21. The van der Waals surface area contributed by atoms with Crippen molar-refractivity contribution < 1.29 is 14.9 Å². The highest BCUT2D eigenvalue weighted by molar-refractivity contribution is 9.11. The Bertz CT molecular complexity index is 625. The zero-order chi connectivity index (χ0) is 17.4. The number of ether oxygens (including phenoxy) is 1. The molecule has 0 radical (unpaired) electrons. The van der Waals surface area contributed by atoms with Crippen molar-refractivity contribution in [1.82, 2.24) is 4.90 Å². The lowest BCUT2D eigenvalue weighted by Crippen LogP contribution is -2.37.